The molecular formula is C17H26N2O3. The SMILES string of the molecule is CCCC1CCN(C(=O)CCC(O)c2ccc(=O)[nH]c2)CC1. The summed E-state index contributed by atoms with van der Waals surface area (Å²) in [6, 6.07) is 2.99. The van der Waals surface area contributed by atoms with Crippen molar-refractivity contribution in [3.05, 3.63) is 34.2 Å². The standard InChI is InChI=1S/C17H26N2O3/c1-2-3-13-8-10-19(11-9-13)17(22)7-5-15(20)14-4-6-16(21)18-12-14/h4,6,12-13,15,20H,2-3,5,7-11H2,1H3,(H,18,21). The van der Waals surface area contributed by atoms with Gasteiger partial charge in [0.1, 0.15) is 0 Å². The van der Waals surface area contributed by atoms with Crippen LogP contribution in [0, 0.1) is 5.92 Å². The van der Waals surface area contributed by atoms with Gasteiger partial charge in [0.2, 0.25) is 11.5 Å². The normalized spacial score (nSPS) is 17.5. The quantitative estimate of drug-likeness (QED) is 0.846. The molecule has 1 unspecified atom stereocenters. The zero-order chi connectivity index (χ0) is 15.9. The van der Waals surface area contributed by atoms with E-state index < -0.39 is 6.10 Å². The van der Waals surface area contributed by atoms with Gasteiger partial charge in [-0.25, -0.2) is 0 Å². The fraction of sp³-hybridized carbons (Fsp3) is 0.647. The molecule has 0 aliphatic carbocycles. The van der Waals surface area contributed by atoms with Crippen molar-refractivity contribution in [1.82, 2.24) is 9.88 Å². The van der Waals surface area contributed by atoms with Crippen LogP contribution in [-0.2, 0) is 4.79 Å². The Morgan fingerprint density at radius 1 is 1.41 bits per heavy atom. The number of aliphatic hydroxyl groups is 1. The second-order valence-corrected chi connectivity index (χ2v) is 6.15. The molecule has 122 valence electrons. The molecule has 1 atom stereocenters. The maximum atomic E-state index is 12.2. The third kappa shape index (κ3) is 4.70. The molecule has 0 saturated carbocycles. The number of aromatic nitrogens is 1. The van der Waals surface area contributed by atoms with E-state index in [0.29, 0.717) is 18.4 Å². The molecule has 5 heteroatoms. The second kappa shape index (κ2) is 8.13. The number of aliphatic hydroxyl groups excluding tert-OH is 1. The molecule has 1 fully saturated rings. The van der Waals surface area contributed by atoms with E-state index in [1.165, 1.54) is 25.1 Å². The number of amides is 1. The van der Waals surface area contributed by atoms with E-state index >= 15 is 0 Å². The van der Waals surface area contributed by atoms with Crippen LogP contribution in [0.1, 0.15) is 57.1 Å². The summed E-state index contributed by atoms with van der Waals surface area (Å²) >= 11 is 0. The lowest BCUT2D eigenvalue weighted by molar-refractivity contribution is -0.133. The first kappa shape index (κ1) is 16.7. The van der Waals surface area contributed by atoms with Gasteiger partial charge in [0.15, 0.2) is 0 Å². The molecule has 1 saturated heterocycles. The lowest BCUT2D eigenvalue weighted by Gasteiger charge is -2.32. The number of nitrogens with zero attached hydrogens (tertiary/aromatic N) is 1. The predicted molar refractivity (Wildman–Crippen MR) is 85.5 cm³/mol. The third-order valence-electron chi connectivity index (χ3n) is 4.49. The first-order valence-electron chi connectivity index (χ1n) is 8.24. The monoisotopic (exact) mass is 306 g/mol. The summed E-state index contributed by atoms with van der Waals surface area (Å²) in [5, 5.41) is 10.1. The summed E-state index contributed by atoms with van der Waals surface area (Å²) in [6.07, 6.45) is 6.20. The van der Waals surface area contributed by atoms with E-state index in [-0.39, 0.29) is 11.5 Å². The first-order chi connectivity index (χ1) is 10.6. The van der Waals surface area contributed by atoms with Gasteiger partial charge in [-0.15, -0.1) is 0 Å². The number of carbonyl (C=O) groups is 1. The van der Waals surface area contributed by atoms with Gasteiger partial charge in [0.05, 0.1) is 6.10 Å². The predicted octanol–water partition coefficient (Wildman–Crippen LogP) is 2.23. The van der Waals surface area contributed by atoms with Crippen LogP contribution in [0.15, 0.2) is 23.1 Å². The minimum atomic E-state index is -0.710. The van der Waals surface area contributed by atoms with Crippen molar-refractivity contribution in [2.75, 3.05) is 13.1 Å². The summed E-state index contributed by atoms with van der Waals surface area (Å²) in [6.45, 7) is 3.90. The number of aromatic amines is 1. The minimum absolute atomic E-state index is 0.124. The van der Waals surface area contributed by atoms with Crippen molar-refractivity contribution in [2.45, 2.75) is 51.6 Å². The smallest absolute Gasteiger partial charge is 0.247 e. The highest BCUT2D eigenvalue weighted by Crippen LogP contribution is 2.23. The van der Waals surface area contributed by atoms with Crippen LogP contribution in [0.25, 0.3) is 0 Å². The molecule has 1 amide bonds. The summed E-state index contributed by atoms with van der Waals surface area (Å²) in [7, 11) is 0. The van der Waals surface area contributed by atoms with Crippen LogP contribution < -0.4 is 5.56 Å². The van der Waals surface area contributed by atoms with Crippen LogP contribution in [0.3, 0.4) is 0 Å². The number of piperidine rings is 1. The Morgan fingerprint density at radius 2 is 2.14 bits per heavy atom. The maximum Gasteiger partial charge on any atom is 0.247 e. The molecule has 22 heavy (non-hydrogen) atoms. The van der Waals surface area contributed by atoms with E-state index in [1.54, 1.807) is 6.07 Å². The van der Waals surface area contributed by atoms with E-state index in [1.807, 2.05) is 4.90 Å². The number of pyridine rings is 1. The van der Waals surface area contributed by atoms with Crippen molar-refractivity contribution in [3.8, 4) is 0 Å². The first-order valence-corrected chi connectivity index (χ1v) is 8.24. The Hall–Kier alpha value is -1.62. The molecule has 2 rings (SSSR count). The molecule has 0 bridgehead atoms. The lowest BCUT2D eigenvalue weighted by atomic mass is 9.92. The van der Waals surface area contributed by atoms with Gasteiger partial charge in [-0.05, 0) is 36.8 Å². The van der Waals surface area contributed by atoms with Crippen LogP contribution in [0.5, 0.6) is 0 Å². The van der Waals surface area contributed by atoms with Crippen molar-refractivity contribution < 1.29 is 9.90 Å². The average molecular weight is 306 g/mol. The zero-order valence-corrected chi connectivity index (χ0v) is 13.3. The van der Waals surface area contributed by atoms with E-state index in [0.717, 1.165) is 31.8 Å². The van der Waals surface area contributed by atoms with E-state index in [9.17, 15) is 14.7 Å². The Labute approximate surface area is 131 Å². The third-order valence-corrected chi connectivity index (χ3v) is 4.49. The number of hydrogen-bond donors (Lipinski definition) is 2. The van der Waals surface area contributed by atoms with Crippen molar-refractivity contribution in [2.24, 2.45) is 5.92 Å². The number of H-pyrrole nitrogens is 1. The van der Waals surface area contributed by atoms with Crippen LogP contribution in [0.2, 0.25) is 0 Å². The summed E-state index contributed by atoms with van der Waals surface area (Å²) in [5.74, 6) is 0.888. The van der Waals surface area contributed by atoms with Gasteiger partial charge in [-0.2, -0.15) is 0 Å². The highest BCUT2D eigenvalue weighted by atomic mass is 16.3. The number of likely N-dealkylation sites (tertiary alicyclic amines) is 1. The van der Waals surface area contributed by atoms with Gasteiger partial charge >= 0.3 is 0 Å². The highest BCUT2D eigenvalue weighted by Gasteiger charge is 2.22. The lowest BCUT2D eigenvalue weighted by Crippen LogP contribution is -2.38. The molecule has 2 heterocycles. The molecule has 0 spiro atoms. The average Bonchev–Trinajstić information content (AvgIpc) is 2.54. The summed E-state index contributed by atoms with van der Waals surface area (Å²) < 4.78 is 0. The maximum absolute atomic E-state index is 12.2. The molecule has 0 aromatic carbocycles. The summed E-state index contributed by atoms with van der Waals surface area (Å²) in [4.78, 5) is 27.7. The molecular weight excluding hydrogens is 280 g/mol. The Balaban J connectivity index is 1.76. The minimum Gasteiger partial charge on any atom is -0.388 e. The van der Waals surface area contributed by atoms with Gasteiger partial charge in [-0.1, -0.05) is 19.8 Å². The molecule has 1 aliphatic rings. The Bertz CT molecular complexity index is 512. The molecule has 1 aliphatic heterocycles. The number of hydrogen-bond acceptors (Lipinski definition) is 3. The van der Waals surface area contributed by atoms with Crippen molar-refractivity contribution >= 4 is 5.91 Å². The fourth-order valence-corrected chi connectivity index (χ4v) is 3.09. The number of nitrogens with one attached hydrogen (secondary N) is 1. The van der Waals surface area contributed by atoms with Gasteiger partial charge in [-0.3, -0.25) is 9.59 Å². The second-order valence-electron chi connectivity index (χ2n) is 6.15. The molecule has 1 aromatic rings. The molecule has 2 N–H and O–H groups in total. The Morgan fingerprint density at radius 3 is 2.73 bits per heavy atom. The van der Waals surface area contributed by atoms with Crippen molar-refractivity contribution in [3.63, 3.8) is 0 Å². The van der Waals surface area contributed by atoms with Gasteiger partial charge < -0.3 is 15.0 Å². The zero-order valence-electron chi connectivity index (χ0n) is 13.3. The van der Waals surface area contributed by atoms with Gasteiger partial charge in [0.25, 0.3) is 0 Å². The van der Waals surface area contributed by atoms with Crippen LogP contribution in [0.4, 0.5) is 0 Å². The topological polar surface area (TPSA) is 73.4 Å². The number of carbonyl (C=O) groups excluding carboxylic acids is 1. The van der Waals surface area contributed by atoms with Crippen molar-refractivity contribution in [1.29, 1.82) is 0 Å². The highest BCUT2D eigenvalue weighted by molar-refractivity contribution is 5.76. The molecule has 0 radical (unpaired) electrons. The largest absolute Gasteiger partial charge is 0.388 e. The Kier molecular flexibility index (Phi) is 6.19. The van der Waals surface area contributed by atoms with Crippen LogP contribution >= 0.6 is 0 Å². The fourth-order valence-electron chi connectivity index (χ4n) is 3.09. The van der Waals surface area contributed by atoms with Gasteiger partial charge in [0, 0.05) is 31.8 Å². The van der Waals surface area contributed by atoms with E-state index in [2.05, 4.69) is 11.9 Å². The van der Waals surface area contributed by atoms with E-state index in [4.69, 9.17) is 0 Å². The number of rotatable bonds is 6. The summed E-state index contributed by atoms with van der Waals surface area (Å²) in [5.41, 5.74) is 0.455. The molecule has 1 aromatic heterocycles. The van der Waals surface area contributed by atoms with Crippen LogP contribution in [-0.4, -0.2) is 34.0 Å². The molecule has 5 nitrogen and oxygen atoms in total.